The Morgan fingerprint density at radius 3 is 2.61 bits per heavy atom. The van der Waals surface area contributed by atoms with Gasteiger partial charge in [-0.25, -0.2) is 4.68 Å². The van der Waals surface area contributed by atoms with Crippen LogP contribution in [0.25, 0.3) is 16.9 Å². The molecule has 2 aromatic carbocycles. The first-order chi connectivity index (χ1) is 11.0. The highest BCUT2D eigenvalue weighted by atomic mass is 35.5. The molecule has 5 heteroatoms. The molecule has 0 bridgehead atoms. The molecule has 116 valence electrons. The number of aliphatic carboxylic acids is 1. The van der Waals surface area contributed by atoms with Crippen molar-refractivity contribution in [2.75, 3.05) is 0 Å². The third kappa shape index (κ3) is 3.43. The van der Waals surface area contributed by atoms with E-state index in [1.165, 1.54) is 0 Å². The second-order valence-corrected chi connectivity index (χ2v) is 5.80. The number of aromatic nitrogens is 2. The van der Waals surface area contributed by atoms with E-state index in [0.717, 1.165) is 16.8 Å². The molecule has 0 radical (unpaired) electrons. The van der Waals surface area contributed by atoms with Gasteiger partial charge in [-0.1, -0.05) is 35.9 Å². The Hall–Kier alpha value is -2.59. The average Bonchev–Trinajstić information content (AvgIpc) is 2.91. The molecule has 0 aliphatic carbocycles. The summed E-state index contributed by atoms with van der Waals surface area (Å²) in [6.07, 6.45) is 1.69. The molecule has 0 amide bonds. The van der Waals surface area contributed by atoms with Crippen LogP contribution in [0.4, 0.5) is 0 Å². The fourth-order valence-electron chi connectivity index (χ4n) is 2.46. The molecule has 1 heterocycles. The van der Waals surface area contributed by atoms with E-state index < -0.39 is 5.97 Å². The monoisotopic (exact) mass is 326 g/mol. The second kappa shape index (κ2) is 6.26. The van der Waals surface area contributed by atoms with Gasteiger partial charge in [0.05, 0.1) is 17.8 Å². The topological polar surface area (TPSA) is 55.1 Å². The van der Waals surface area contributed by atoms with Crippen LogP contribution in [0.5, 0.6) is 0 Å². The number of benzene rings is 2. The maximum Gasteiger partial charge on any atom is 0.307 e. The maximum atomic E-state index is 11.1. The molecule has 0 saturated carbocycles. The molecule has 3 aromatic rings. The predicted octanol–water partition coefficient (Wildman–Crippen LogP) is 4.13. The van der Waals surface area contributed by atoms with Gasteiger partial charge in [0.25, 0.3) is 0 Å². The summed E-state index contributed by atoms with van der Waals surface area (Å²) < 4.78 is 1.72. The van der Waals surface area contributed by atoms with Gasteiger partial charge in [-0.3, -0.25) is 4.79 Å². The Labute approximate surface area is 139 Å². The van der Waals surface area contributed by atoms with Crippen molar-refractivity contribution in [3.05, 3.63) is 70.9 Å². The zero-order valence-electron chi connectivity index (χ0n) is 12.5. The number of halogens is 1. The summed E-state index contributed by atoms with van der Waals surface area (Å²) in [5.41, 5.74) is 4.19. The SMILES string of the molecule is Cc1cccc(-n2cc(CC(=O)O)c(-c3ccc(Cl)cc3)n2)c1. The molecular formula is C18H15ClN2O2. The number of hydrogen-bond acceptors (Lipinski definition) is 2. The van der Waals surface area contributed by atoms with E-state index in [1.807, 2.05) is 43.3 Å². The fourth-order valence-corrected chi connectivity index (χ4v) is 2.58. The number of aryl methyl sites for hydroxylation is 1. The van der Waals surface area contributed by atoms with Gasteiger partial charge in [0, 0.05) is 22.3 Å². The highest BCUT2D eigenvalue weighted by Gasteiger charge is 2.15. The molecule has 0 atom stereocenters. The number of carboxylic acid groups (broad SMARTS) is 1. The Kier molecular flexibility index (Phi) is 4.17. The van der Waals surface area contributed by atoms with E-state index in [-0.39, 0.29) is 6.42 Å². The molecule has 1 aromatic heterocycles. The van der Waals surface area contributed by atoms with E-state index in [4.69, 9.17) is 16.7 Å². The van der Waals surface area contributed by atoms with Gasteiger partial charge < -0.3 is 5.11 Å². The number of carboxylic acids is 1. The normalized spacial score (nSPS) is 10.7. The summed E-state index contributed by atoms with van der Waals surface area (Å²) in [6, 6.07) is 15.1. The van der Waals surface area contributed by atoms with Crippen molar-refractivity contribution in [3.8, 4) is 16.9 Å². The zero-order chi connectivity index (χ0) is 16.4. The molecule has 1 N–H and O–H groups in total. The summed E-state index contributed by atoms with van der Waals surface area (Å²) in [5, 5.41) is 14.4. The molecule has 0 spiro atoms. The lowest BCUT2D eigenvalue weighted by Gasteiger charge is -2.02. The Balaban J connectivity index is 2.10. The van der Waals surface area contributed by atoms with Crippen molar-refractivity contribution in [3.63, 3.8) is 0 Å². The fraction of sp³-hybridized carbons (Fsp3) is 0.111. The smallest absolute Gasteiger partial charge is 0.307 e. The lowest BCUT2D eigenvalue weighted by Crippen LogP contribution is -2.00. The summed E-state index contributed by atoms with van der Waals surface area (Å²) in [6.45, 7) is 2.01. The van der Waals surface area contributed by atoms with Crippen LogP contribution in [0.3, 0.4) is 0 Å². The Morgan fingerprint density at radius 2 is 1.96 bits per heavy atom. The quantitative estimate of drug-likeness (QED) is 0.784. The van der Waals surface area contributed by atoms with Gasteiger partial charge in [-0.05, 0) is 36.8 Å². The van der Waals surface area contributed by atoms with Crippen LogP contribution in [-0.4, -0.2) is 20.9 Å². The van der Waals surface area contributed by atoms with E-state index in [9.17, 15) is 4.79 Å². The van der Waals surface area contributed by atoms with Crippen LogP contribution in [-0.2, 0) is 11.2 Å². The van der Waals surface area contributed by atoms with Crippen LogP contribution in [0.1, 0.15) is 11.1 Å². The Bertz CT molecular complexity index is 854. The maximum absolute atomic E-state index is 11.1. The molecule has 0 unspecified atom stereocenters. The van der Waals surface area contributed by atoms with Gasteiger partial charge in [-0.2, -0.15) is 5.10 Å². The lowest BCUT2D eigenvalue weighted by atomic mass is 10.1. The number of hydrogen-bond donors (Lipinski definition) is 1. The van der Waals surface area contributed by atoms with Gasteiger partial charge in [0.15, 0.2) is 0 Å². The average molecular weight is 327 g/mol. The lowest BCUT2D eigenvalue weighted by molar-refractivity contribution is -0.136. The van der Waals surface area contributed by atoms with E-state index in [0.29, 0.717) is 16.3 Å². The largest absolute Gasteiger partial charge is 0.481 e. The predicted molar refractivity (Wildman–Crippen MR) is 90.1 cm³/mol. The van der Waals surface area contributed by atoms with Gasteiger partial charge in [0.2, 0.25) is 0 Å². The third-order valence-electron chi connectivity index (χ3n) is 3.52. The number of carbonyl (C=O) groups is 1. The second-order valence-electron chi connectivity index (χ2n) is 5.36. The van der Waals surface area contributed by atoms with E-state index in [2.05, 4.69) is 5.10 Å². The molecule has 3 rings (SSSR count). The highest BCUT2D eigenvalue weighted by molar-refractivity contribution is 6.30. The number of nitrogens with zero attached hydrogens (tertiary/aromatic N) is 2. The first kappa shape index (κ1) is 15.3. The van der Waals surface area contributed by atoms with Crippen molar-refractivity contribution < 1.29 is 9.90 Å². The first-order valence-electron chi connectivity index (χ1n) is 7.16. The zero-order valence-corrected chi connectivity index (χ0v) is 13.3. The van der Waals surface area contributed by atoms with Crippen LogP contribution in [0.2, 0.25) is 5.02 Å². The molecule has 0 aliphatic heterocycles. The van der Waals surface area contributed by atoms with Crippen LogP contribution < -0.4 is 0 Å². The highest BCUT2D eigenvalue weighted by Crippen LogP contribution is 2.25. The molecular weight excluding hydrogens is 312 g/mol. The van der Waals surface area contributed by atoms with Gasteiger partial charge >= 0.3 is 5.97 Å². The minimum Gasteiger partial charge on any atom is -0.481 e. The van der Waals surface area contributed by atoms with E-state index in [1.54, 1.807) is 23.0 Å². The van der Waals surface area contributed by atoms with Crippen molar-refractivity contribution in [2.24, 2.45) is 0 Å². The van der Waals surface area contributed by atoms with Crippen LogP contribution in [0.15, 0.2) is 54.7 Å². The third-order valence-corrected chi connectivity index (χ3v) is 3.77. The first-order valence-corrected chi connectivity index (χ1v) is 7.54. The number of rotatable bonds is 4. The summed E-state index contributed by atoms with van der Waals surface area (Å²) in [5.74, 6) is -0.885. The summed E-state index contributed by atoms with van der Waals surface area (Å²) >= 11 is 5.92. The van der Waals surface area contributed by atoms with Crippen molar-refractivity contribution >= 4 is 17.6 Å². The molecule has 4 nitrogen and oxygen atoms in total. The van der Waals surface area contributed by atoms with Crippen molar-refractivity contribution in [1.29, 1.82) is 0 Å². The molecule has 0 aliphatic rings. The Morgan fingerprint density at radius 1 is 1.22 bits per heavy atom. The van der Waals surface area contributed by atoms with Gasteiger partial charge in [-0.15, -0.1) is 0 Å². The minimum atomic E-state index is -0.885. The van der Waals surface area contributed by atoms with Crippen molar-refractivity contribution in [2.45, 2.75) is 13.3 Å². The molecule has 0 fully saturated rings. The van der Waals surface area contributed by atoms with Gasteiger partial charge in [0.1, 0.15) is 0 Å². The summed E-state index contributed by atoms with van der Waals surface area (Å²) in [4.78, 5) is 11.1. The van der Waals surface area contributed by atoms with Crippen LogP contribution >= 0.6 is 11.6 Å². The molecule has 23 heavy (non-hydrogen) atoms. The van der Waals surface area contributed by atoms with E-state index >= 15 is 0 Å². The minimum absolute atomic E-state index is 0.0796. The van der Waals surface area contributed by atoms with Crippen molar-refractivity contribution in [1.82, 2.24) is 9.78 Å². The standard InChI is InChI=1S/C18H15ClN2O2/c1-12-3-2-4-16(9-12)21-11-14(10-17(22)23)18(20-21)13-5-7-15(19)8-6-13/h2-9,11H,10H2,1H3,(H,22,23). The van der Waals surface area contributed by atoms with Crippen LogP contribution in [0, 0.1) is 6.92 Å². The summed E-state index contributed by atoms with van der Waals surface area (Å²) in [7, 11) is 0. The molecule has 0 saturated heterocycles.